The van der Waals surface area contributed by atoms with Gasteiger partial charge in [0.15, 0.2) is 0 Å². The first-order valence-electron chi connectivity index (χ1n) is 13.3. The van der Waals surface area contributed by atoms with Crippen LogP contribution >= 0.6 is 0 Å². The van der Waals surface area contributed by atoms with E-state index < -0.39 is 0 Å². The zero-order chi connectivity index (χ0) is 18.2. The molecule has 5 aliphatic carbocycles. The number of hydrogen-bond acceptors (Lipinski definition) is 0. The molecular formula is C27H46. The second-order valence-electron chi connectivity index (χ2n) is 11.9. The molecule has 0 amide bonds. The van der Waals surface area contributed by atoms with Crippen molar-refractivity contribution in [1.29, 1.82) is 0 Å². The lowest BCUT2D eigenvalue weighted by Gasteiger charge is -2.53. The minimum Gasteiger partial charge on any atom is -0.0625 e. The molecule has 154 valence electrons. The smallest absolute Gasteiger partial charge is 0.0352 e. The van der Waals surface area contributed by atoms with Gasteiger partial charge in [-0.15, -0.1) is 0 Å². The van der Waals surface area contributed by atoms with E-state index in [1.54, 1.807) is 103 Å². The summed E-state index contributed by atoms with van der Waals surface area (Å²) in [6, 6.07) is 0. The molecule has 0 aliphatic heterocycles. The predicted octanol–water partition coefficient (Wildman–Crippen LogP) is 8.25. The highest BCUT2D eigenvalue weighted by molar-refractivity contribution is 4.97. The van der Waals surface area contributed by atoms with Crippen LogP contribution in [0.5, 0.6) is 0 Å². The van der Waals surface area contributed by atoms with Gasteiger partial charge in [0.1, 0.15) is 0 Å². The van der Waals surface area contributed by atoms with Crippen LogP contribution in [0.1, 0.15) is 116 Å². The molecule has 0 heterocycles. The van der Waals surface area contributed by atoms with Crippen molar-refractivity contribution in [3.8, 4) is 0 Å². The van der Waals surface area contributed by atoms with E-state index in [2.05, 4.69) is 6.92 Å². The van der Waals surface area contributed by atoms with Crippen molar-refractivity contribution < 1.29 is 0 Å². The van der Waals surface area contributed by atoms with Crippen LogP contribution in [0.25, 0.3) is 0 Å². The Balaban J connectivity index is 1.26. The van der Waals surface area contributed by atoms with Gasteiger partial charge in [-0.2, -0.15) is 0 Å². The lowest BCUT2D eigenvalue weighted by molar-refractivity contribution is -0.0302. The fourth-order valence-corrected chi connectivity index (χ4v) is 9.39. The van der Waals surface area contributed by atoms with Gasteiger partial charge in [-0.3, -0.25) is 0 Å². The first-order valence-corrected chi connectivity index (χ1v) is 13.3. The molecule has 0 saturated heterocycles. The van der Waals surface area contributed by atoms with E-state index in [-0.39, 0.29) is 0 Å². The first-order chi connectivity index (χ1) is 13.3. The summed E-state index contributed by atoms with van der Waals surface area (Å²) in [4.78, 5) is 0. The Kier molecular flexibility index (Phi) is 5.90. The minimum absolute atomic E-state index is 1.02. The summed E-state index contributed by atoms with van der Waals surface area (Å²) >= 11 is 0. The molecule has 8 unspecified atom stereocenters. The highest BCUT2D eigenvalue weighted by Crippen LogP contribution is 2.56. The molecule has 0 aromatic heterocycles. The van der Waals surface area contributed by atoms with Crippen LogP contribution in [0.2, 0.25) is 0 Å². The zero-order valence-corrected chi connectivity index (χ0v) is 18.2. The molecule has 0 bridgehead atoms. The van der Waals surface area contributed by atoms with Gasteiger partial charge in [0.2, 0.25) is 0 Å². The second kappa shape index (κ2) is 8.39. The van der Waals surface area contributed by atoms with Crippen molar-refractivity contribution in [1.82, 2.24) is 0 Å². The van der Waals surface area contributed by atoms with Crippen LogP contribution in [0.3, 0.4) is 0 Å². The normalized spacial score (nSPS) is 49.2. The molecule has 0 heteroatoms. The van der Waals surface area contributed by atoms with Gasteiger partial charge >= 0.3 is 0 Å². The van der Waals surface area contributed by atoms with Gasteiger partial charge in [0.25, 0.3) is 0 Å². The third-order valence-electron chi connectivity index (χ3n) is 10.6. The van der Waals surface area contributed by atoms with E-state index in [1.165, 1.54) is 6.42 Å². The van der Waals surface area contributed by atoms with Gasteiger partial charge in [-0.1, -0.05) is 71.1 Å². The van der Waals surface area contributed by atoms with E-state index in [9.17, 15) is 0 Å². The molecule has 5 fully saturated rings. The monoisotopic (exact) mass is 370 g/mol. The zero-order valence-electron chi connectivity index (χ0n) is 18.2. The Hall–Kier alpha value is 0. The van der Waals surface area contributed by atoms with Crippen LogP contribution in [-0.2, 0) is 0 Å². The SMILES string of the molecule is CC1CCC2C(CCCC2C2CCCC3CC(C4CCCCC4)CCC32)C1. The highest BCUT2D eigenvalue weighted by Gasteiger charge is 2.47. The maximum Gasteiger partial charge on any atom is -0.0352 e. The molecule has 0 aromatic rings. The van der Waals surface area contributed by atoms with Crippen LogP contribution < -0.4 is 0 Å². The fourth-order valence-electron chi connectivity index (χ4n) is 9.39. The Bertz CT molecular complexity index is 474. The van der Waals surface area contributed by atoms with Gasteiger partial charge in [-0.25, -0.2) is 0 Å². The maximum atomic E-state index is 2.53. The van der Waals surface area contributed by atoms with Crippen molar-refractivity contribution in [2.24, 2.45) is 53.3 Å². The lowest BCUT2D eigenvalue weighted by atomic mass is 9.52. The van der Waals surface area contributed by atoms with Crippen LogP contribution in [-0.4, -0.2) is 0 Å². The Morgan fingerprint density at radius 3 is 1.67 bits per heavy atom. The van der Waals surface area contributed by atoms with Crippen molar-refractivity contribution in [3.05, 3.63) is 0 Å². The summed E-state index contributed by atoms with van der Waals surface area (Å²) in [5.74, 6) is 10.1. The third kappa shape index (κ3) is 3.90. The summed E-state index contributed by atoms with van der Waals surface area (Å²) in [6.07, 6.45) is 26.9. The van der Waals surface area contributed by atoms with Gasteiger partial charge in [0, 0.05) is 0 Å². The predicted molar refractivity (Wildman–Crippen MR) is 116 cm³/mol. The van der Waals surface area contributed by atoms with Crippen LogP contribution in [0.15, 0.2) is 0 Å². The molecule has 5 rings (SSSR count). The van der Waals surface area contributed by atoms with Crippen molar-refractivity contribution in [2.45, 2.75) is 116 Å². The van der Waals surface area contributed by atoms with E-state index >= 15 is 0 Å². The molecule has 27 heavy (non-hydrogen) atoms. The lowest BCUT2D eigenvalue weighted by Crippen LogP contribution is -2.44. The van der Waals surface area contributed by atoms with E-state index in [1.807, 2.05) is 0 Å². The Morgan fingerprint density at radius 2 is 0.963 bits per heavy atom. The summed E-state index contributed by atoms with van der Waals surface area (Å²) in [5, 5.41) is 0. The van der Waals surface area contributed by atoms with Crippen LogP contribution in [0.4, 0.5) is 0 Å². The van der Waals surface area contributed by atoms with Crippen molar-refractivity contribution in [3.63, 3.8) is 0 Å². The first kappa shape index (κ1) is 19.0. The molecule has 0 aromatic carbocycles. The number of fused-ring (bicyclic) bond motifs is 2. The van der Waals surface area contributed by atoms with Crippen LogP contribution in [0, 0.1) is 53.3 Å². The summed E-state index contributed by atoms with van der Waals surface area (Å²) < 4.78 is 0. The van der Waals surface area contributed by atoms with E-state index in [4.69, 9.17) is 0 Å². The largest absolute Gasteiger partial charge is 0.0625 e. The fraction of sp³-hybridized carbons (Fsp3) is 1.00. The molecular weight excluding hydrogens is 324 g/mol. The molecule has 0 nitrogen and oxygen atoms in total. The average molecular weight is 371 g/mol. The quantitative estimate of drug-likeness (QED) is 0.459. The summed E-state index contributed by atoms with van der Waals surface area (Å²) in [7, 11) is 0. The Labute approximate surface area is 169 Å². The number of hydrogen-bond donors (Lipinski definition) is 0. The topological polar surface area (TPSA) is 0 Å². The van der Waals surface area contributed by atoms with Gasteiger partial charge in [0.05, 0.1) is 0 Å². The standard InChI is InChI=1S/C27H46/c1-19-13-15-24-22(17-19)9-5-11-26(24)27-12-6-10-23-18-21(14-16-25(23)27)20-7-3-2-4-8-20/h19-27H,2-18H2,1H3. The molecule has 0 N–H and O–H groups in total. The molecule has 0 spiro atoms. The summed E-state index contributed by atoms with van der Waals surface area (Å²) in [5.41, 5.74) is 0. The molecule has 0 radical (unpaired) electrons. The molecule has 5 aliphatic rings. The second-order valence-corrected chi connectivity index (χ2v) is 11.9. The summed E-state index contributed by atoms with van der Waals surface area (Å²) in [6.45, 7) is 2.53. The van der Waals surface area contributed by atoms with E-state index in [0.29, 0.717) is 0 Å². The van der Waals surface area contributed by atoms with Crippen molar-refractivity contribution >= 4 is 0 Å². The third-order valence-corrected chi connectivity index (χ3v) is 10.6. The van der Waals surface area contributed by atoms with E-state index in [0.717, 1.165) is 53.3 Å². The maximum absolute atomic E-state index is 2.53. The van der Waals surface area contributed by atoms with Crippen molar-refractivity contribution in [2.75, 3.05) is 0 Å². The molecule has 5 saturated carbocycles. The highest BCUT2D eigenvalue weighted by atomic mass is 14.5. The average Bonchev–Trinajstić information content (AvgIpc) is 2.73. The number of rotatable bonds is 2. The molecule has 8 atom stereocenters. The Morgan fingerprint density at radius 1 is 0.370 bits per heavy atom. The van der Waals surface area contributed by atoms with Gasteiger partial charge < -0.3 is 0 Å². The van der Waals surface area contributed by atoms with Gasteiger partial charge in [-0.05, 0) is 98.2 Å². The minimum atomic E-state index is 1.02.